The number of hydrogen-bond acceptors (Lipinski definition) is 3. The molecule has 0 bridgehead atoms. The number of aromatic carboxylic acids is 1. The van der Waals surface area contributed by atoms with Gasteiger partial charge in [-0.05, 0) is 62.5 Å². The Morgan fingerprint density at radius 3 is 2.68 bits per heavy atom. The summed E-state index contributed by atoms with van der Waals surface area (Å²) < 4.78 is 7.02. The fourth-order valence-corrected chi connectivity index (χ4v) is 2.54. The van der Waals surface area contributed by atoms with Gasteiger partial charge in [-0.2, -0.15) is 0 Å². The molecule has 0 amide bonds. The Morgan fingerprint density at radius 1 is 1.32 bits per heavy atom. The normalized spacial score (nSPS) is 10.3. The topological polar surface area (TPSA) is 59.4 Å². The van der Waals surface area contributed by atoms with Gasteiger partial charge >= 0.3 is 5.97 Å². The zero-order chi connectivity index (χ0) is 14.0. The number of pyridine rings is 1. The Bertz CT molecular complexity index is 644. The molecule has 0 radical (unpaired) electrons. The summed E-state index contributed by atoms with van der Waals surface area (Å²) in [5, 5.41) is 9.13. The molecule has 19 heavy (non-hydrogen) atoms. The number of rotatable bonds is 3. The number of aryl methyl sites for hydroxylation is 1. The van der Waals surface area contributed by atoms with Crippen molar-refractivity contribution in [3.05, 3.63) is 50.5 Å². The van der Waals surface area contributed by atoms with Gasteiger partial charge < -0.3 is 9.84 Å². The molecule has 1 aromatic carbocycles. The highest BCUT2D eigenvalue weighted by molar-refractivity contribution is 9.11. The number of benzene rings is 1. The van der Waals surface area contributed by atoms with E-state index in [-0.39, 0.29) is 11.3 Å². The smallest absolute Gasteiger partial charge is 0.339 e. The minimum Gasteiger partial charge on any atom is -0.478 e. The van der Waals surface area contributed by atoms with Crippen LogP contribution in [0.15, 0.2) is 39.4 Å². The second-order valence-electron chi connectivity index (χ2n) is 3.85. The molecule has 0 saturated heterocycles. The molecule has 2 aromatic rings. The first-order chi connectivity index (χ1) is 8.97. The van der Waals surface area contributed by atoms with Crippen LogP contribution in [-0.4, -0.2) is 16.1 Å². The van der Waals surface area contributed by atoms with E-state index in [1.165, 1.54) is 6.07 Å². The molecule has 1 N–H and O–H groups in total. The zero-order valence-corrected chi connectivity index (χ0v) is 13.0. The second kappa shape index (κ2) is 5.71. The maximum atomic E-state index is 11.1. The lowest BCUT2D eigenvalue weighted by Gasteiger charge is -2.10. The molecule has 1 heterocycles. The van der Waals surface area contributed by atoms with Gasteiger partial charge in [-0.3, -0.25) is 0 Å². The van der Waals surface area contributed by atoms with Gasteiger partial charge in [0.05, 0.1) is 4.47 Å². The Kier molecular flexibility index (Phi) is 4.21. The minimum absolute atomic E-state index is 0.0993. The summed E-state index contributed by atoms with van der Waals surface area (Å²) in [7, 11) is 0. The second-order valence-corrected chi connectivity index (χ2v) is 5.62. The van der Waals surface area contributed by atoms with Crippen LogP contribution in [-0.2, 0) is 0 Å². The molecule has 0 saturated carbocycles. The molecule has 98 valence electrons. The van der Waals surface area contributed by atoms with Crippen LogP contribution in [0.1, 0.15) is 15.9 Å². The summed E-state index contributed by atoms with van der Waals surface area (Å²) in [4.78, 5) is 15.2. The molecule has 4 nitrogen and oxygen atoms in total. The molecule has 0 aliphatic rings. The van der Waals surface area contributed by atoms with Crippen molar-refractivity contribution in [1.82, 2.24) is 4.98 Å². The molecule has 0 atom stereocenters. The van der Waals surface area contributed by atoms with Gasteiger partial charge in [0, 0.05) is 10.7 Å². The molecule has 0 unspecified atom stereocenters. The number of ether oxygens (including phenoxy) is 1. The van der Waals surface area contributed by atoms with E-state index in [1.54, 1.807) is 24.4 Å². The van der Waals surface area contributed by atoms with E-state index in [0.29, 0.717) is 10.4 Å². The van der Waals surface area contributed by atoms with Gasteiger partial charge in [-0.1, -0.05) is 6.07 Å². The monoisotopic (exact) mass is 385 g/mol. The molecule has 2 rings (SSSR count). The van der Waals surface area contributed by atoms with Crippen molar-refractivity contribution in [2.45, 2.75) is 6.92 Å². The van der Waals surface area contributed by atoms with E-state index in [2.05, 4.69) is 36.8 Å². The number of carboxylic acids is 1. The van der Waals surface area contributed by atoms with Crippen LogP contribution in [0.25, 0.3) is 0 Å². The number of aromatic nitrogens is 1. The minimum atomic E-state index is -1.04. The number of hydrogen-bond donors (Lipinski definition) is 1. The molecular formula is C13H9Br2NO3. The maximum Gasteiger partial charge on any atom is 0.339 e. The summed E-state index contributed by atoms with van der Waals surface area (Å²) in [6.07, 6.45) is 1.58. The van der Waals surface area contributed by atoms with Gasteiger partial charge in [0.25, 0.3) is 0 Å². The van der Waals surface area contributed by atoms with Crippen LogP contribution in [0.2, 0.25) is 0 Å². The molecular weight excluding hydrogens is 378 g/mol. The van der Waals surface area contributed by atoms with Crippen LogP contribution in [0.3, 0.4) is 0 Å². The van der Waals surface area contributed by atoms with Crippen LogP contribution in [0.5, 0.6) is 11.6 Å². The summed E-state index contributed by atoms with van der Waals surface area (Å²) in [5.41, 5.74) is 1.01. The highest BCUT2D eigenvalue weighted by atomic mass is 79.9. The van der Waals surface area contributed by atoms with E-state index in [4.69, 9.17) is 9.84 Å². The van der Waals surface area contributed by atoms with Crippen LogP contribution < -0.4 is 4.74 Å². The van der Waals surface area contributed by atoms with Crippen molar-refractivity contribution in [2.24, 2.45) is 0 Å². The van der Waals surface area contributed by atoms with E-state index < -0.39 is 5.97 Å². The first-order valence-electron chi connectivity index (χ1n) is 5.30. The first-order valence-corrected chi connectivity index (χ1v) is 6.89. The van der Waals surface area contributed by atoms with Crippen LogP contribution in [0.4, 0.5) is 0 Å². The fraction of sp³-hybridized carbons (Fsp3) is 0.0769. The molecule has 0 fully saturated rings. The van der Waals surface area contributed by atoms with Gasteiger partial charge in [-0.15, -0.1) is 0 Å². The van der Waals surface area contributed by atoms with Gasteiger partial charge in [0.2, 0.25) is 5.88 Å². The highest BCUT2D eigenvalue weighted by Crippen LogP contribution is 2.31. The Balaban J connectivity index is 2.42. The zero-order valence-electron chi connectivity index (χ0n) is 9.85. The van der Waals surface area contributed by atoms with Crippen molar-refractivity contribution in [2.75, 3.05) is 0 Å². The molecule has 0 aliphatic heterocycles. The average molecular weight is 387 g/mol. The van der Waals surface area contributed by atoms with Crippen LogP contribution in [0, 0.1) is 6.92 Å². The number of nitrogens with zero attached hydrogens (tertiary/aromatic N) is 1. The maximum absolute atomic E-state index is 11.1. The predicted molar refractivity (Wildman–Crippen MR) is 77.8 cm³/mol. The van der Waals surface area contributed by atoms with Crippen molar-refractivity contribution in [3.63, 3.8) is 0 Å². The molecule has 0 aliphatic carbocycles. The van der Waals surface area contributed by atoms with Crippen molar-refractivity contribution in [1.29, 1.82) is 0 Å². The summed E-state index contributed by atoms with van der Waals surface area (Å²) >= 11 is 6.61. The molecule has 0 spiro atoms. The Hall–Kier alpha value is -1.40. The quantitative estimate of drug-likeness (QED) is 0.848. The first kappa shape index (κ1) is 14.0. The summed E-state index contributed by atoms with van der Waals surface area (Å²) in [5.74, 6) is -0.456. The van der Waals surface area contributed by atoms with E-state index in [0.717, 1.165) is 10.0 Å². The Morgan fingerprint density at radius 2 is 2.05 bits per heavy atom. The lowest BCUT2D eigenvalue weighted by atomic mass is 10.1. The third-order valence-corrected chi connectivity index (χ3v) is 3.35. The number of carboxylic acid groups (broad SMARTS) is 1. The van der Waals surface area contributed by atoms with Crippen molar-refractivity contribution in [3.8, 4) is 11.6 Å². The average Bonchev–Trinajstić information content (AvgIpc) is 2.32. The SMILES string of the molecule is Cc1ccc(C(=O)O)c(Oc2ncc(Br)cc2Br)c1. The van der Waals surface area contributed by atoms with Crippen molar-refractivity contribution >= 4 is 37.8 Å². The largest absolute Gasteiger partial charge is 0.478 e. The van der Waals surface area contributed by atoms with Crippen molar-refractivity contribution < 1.29 is 14.6 Å². The Labute approximate surface area is 126 Å². The standard InChI is InChI=1S/C13H9Br2NO3/c1-7-2-3-9(13(17)18)11(4-7)19-12-10(15)5-8(14)6-16-12/h2-6H,1H3,(H,17,18). The van der Waals surface area contributed by atoms with Gasteiger partial charge in [0.1, 0.15) is 11.3 Å². The van der Waals surface area contributed by atoms with Gasteiger partial charge in [0.15, 0.2) is 0 Å². The van der Waals surface area contributed by atoms with E-state index in [9.17, 15) is 4.79 Å². The third kappa shape index (κ3) is 3.33. The predicted octanol–water partition coefficient (Wildman–Crippen LogP) is 4.41. The highest BCUT2D eigenvalue weighted by Gasteiger charge is 2.14. The number of carbonyl (C=O) groups is 1. The summed E-state index contributed by atoms with van der Waals surface area (Å²) in [6, 6.07) is 6.68. The van der Waals surface area contributed by atoms with E-state index >= 15 is 0 Å². The number of halogens is 2. The van der Waals surface area contributed by atoms with E-state index in [1.807, 2.05) is 6.92 Å². The van der Waals surface area contributed by atoms with Gasteiger partial charge in [-0.25, -0.2) is 9.78 Å². The summed E-state index contributed by atoms with van der Waals surface area (Å²) in [6.45, 7) is 1.86. The van der Waals surface area contributed by atoms with Crippen LogP contribution >= 0.6 is 31.9 Å². The molecule has 6 heteroatoms. The molecule has 1 aromatic heterocycles. The fourth-order valence-electron chi connectivity index (χ4n) is 1.47. The lowest BCUT2D eigenvalue weighted by molar-refractivity contribution is 0.0694. The third-order valence-electron chi connectivity index (χ3n) is 2.35. The lowest BCUT2D eigenvalue weighted by Crippen LogP contribution is -2.01.